The molecule has 2 aliphatic rings. The van der Waals surface area contributed by atoms with E-state index in [2.05, 4.69) is 39.6 Å². The molecule has 2 heterocycles. The molecule has 0 aromatic carbocycles. The summed E-state index contributed by atoms with van der Waals surface area (Å²) in [6.07, 6.45) is 2.26. The van der Waals surface area contributed by atoms with E-state index in [4.69, 9.17) is 15.2 Å². The maximum Gasteiger partial charge on any atom is 0.0788 e. The molecule has 4 heteroatoms. The van der Waals surface area contributed by atoms with Crippen molar-refractivity contribution in [3.05, 3.63) is 0 Å². The van der Waals surface area contributed by atoms with Gasteiger partial charge in [0.05, 0.1) is 11.2 Å². The van der Waals surface area contributed by atoms with E-state index in [-0.39, 0.29) is 17.2 Å². The van der Waals surface area contributed by atoms with Crippen molar-refractivity contribution < 1.29 is 9.47 Å². The minimum Gasteiger partial charge on any atom is -0.381 e. The van der Waals surface area contributed by atoms with Gasteiger partial charge in [0.25, 0.3) is 0 Å². The van der Waals surface area contributed by atoms with Crippen LogP contribution in [0, 0.1) is 5.92 Å². The third-order valence-electron chi connectivity index (χ3n) is 4.95. The van der Waals surface area contributed by atoms with Crippen molar-refractivity contribution in [2.24, 2.45) is 11.7 Å². The molecule has 2 saturated heterocycles. The van der Waals surface area contributed by atoms with Crippen LogP contribution in [-0.4, -0.2) is 55.0 Å². The topological polar surface area (TPSA) is 47.7 Å². The normalized spacial score (nSPS) is 34.9. The molecular formula is C15H30N2O2. The average molecular weight is 270 g/mol. The van der Waals surface area contributed by atoms with E-state index < -0.39 is 0 Å². The van der Waals surface area contributed by atoms with Gasteiger partial charge >= 0.3 is 0 Å². The Morgan fingerprint density at radius 3 is 2.16 bits per heavy atom. The van der Waals surface area contributed by atoms with Gasteiger partial charge in [-0.25, -0.2) is 0 Å². The summed E-state index contributed by atoms with van der Waals surface area (Å²) in [6.45, 7) is 11.3. The highest BCUT2D eigenvalue weighted by Gasteiger charge is 2.52. The van der Waals surface area contributed by atoms with Crippen molar-refractivity contribution in [3.63, 3.8) is 0 Å². The van der Waals surface area contributed by atoms with Crippen molar-refractivity contribution in [3.8, 4) is 0 Å². The molecule has 0 radical (unpaired) electrons. The highest BCUT2D eigenvalue weighted by Crippen LogP contribution is 2.41. The fourth-order valence-electron chi connectivity index (χ4n) is 3.66. The summed E-state index contributed by atoms with van der Waals surface area (Å²) in [5.74, 6) is 0.371. The van der Waals surface area contributed by atoms with Gasteiger partial charge < -0.3 is 20.1 Å². The van der Waals surface area contributed by atoms with Crippen LogP contribution in [-0.2, 0) is 9.47 Å². The van der Waals surface area contributed by atoms with Gasteiger partial charge in [0.15, 0.2) is 0 Å². The second-order valence-electron chi connectivity index (χ2n) is 7.22. The summed E-state index contributed by atoms with van der Waals surface area (Å²) in [4.78, 5) is 2.46. The van der Waals surface area contributed by atoms with Crippen LogP contribution in [0.2, 0.25) is 0 Å². The number of nitrogens with zero attached hydrogens (tertiary/aromatic N) is 1. The predicted molar refractivity (Wildman–Crippen MR) is 77.2 cm³/mol. The first kappa shape index (κ1) is 15.2. The first-order chi connectivity index (χ1) is 8.74. The Morgan fingerprint density at radius 2 is 1.68 bits per heavy atom. The van der Waals surface area contributed by atoms with E-state index in [1.807, 2.05) is 0 Å². The lowest BCUT2D eigenvalue weighted by Crippen LogP contribution is -2.49. The zero-order chi connectivity index (χ0) is 14.3. The monoisotopic (exact) mass is 270 g/mol. The molecule has 2 fully saturated rings. The first-order valence-electron chi connectivity index (χ1n) is 7.48. The highest BCUT2D eigenvalue weighted by atomic mass is 16.5. The minimum absolute atomic E-state index is 0.0878. The zero-order valence-corrected chi connectivity index (χ0v) is 13.1. The van der Waals surface area contributed by atoms with E-state index in [1.54, 1.807) is 0 Å². The molecule has 2 N–H and O–H groups in total. The van der Waals surface area contributed by atoms with Gasteiger partial charge in [0, 0.05) is 37.8 Å². The van der Waals surface area contributed by atoms with Crippen LogP contribution in [0.25, 0.3) is 0 Å². The summed E-state index contributed by atoms with van der Waals surface area (Å²) in [5.41, 5.74) is 6.05. The third kappa shape index (κ3) is 3.13. The van der Waals surface area contributed by atoms with E-state index in [1.165, 1.54) is 0 Å². The summed E-state index contributed by atoms with van der Waals surface area (Å²) in [5, 5.41) is 0. The molecule has 0 spiro atoms. The van der Waals surface area contributed by atoms with Gasteiger partial charge in [0.2, 0.25) is 0 Å². The SMILES string of the molecule is CN(CC1C(N)C(C)(C)OC1(C)C)C1CCOCC1. The van der Waals surface area contributed by atoms with Gasteiger partial charge in [0.1, 0.15) is 0 Å². The van der Waals surface area contributed by atoms with Gasteiger partial charge in [-0.15, -0.1) is 0 Å². The first-order valence-corrected chi connectivity index (χ1v) is 7.48. The predicted octanol–water partition coefficient (Wildman–Crippen LogP) is 1.63. The molecule has 0 bridgehead atoms. The number of ether oxygens (including phenoxy) is 2. The molecule has 19 heavy (non-hydrogen) atoms. The standard InChI is InChI=1S/C15H30N2O2/c1-14(2)12(13(16)15(3,4)19-14)10-17(5)11-6-8-18-9-7-11/h11-13H,6-10,16H2,1-5H3. The van der Waals surface area contributed by atoms with Crippen LogP contribution >= 0.6 is 0 Å². The molecule has 2 aliphatic heterocycles. The van der Waals surface area contributed by atoms with Crippen molar-refractivity contribution in [2.45, 2.75) is 63.8 Å². The fraction of sp³-hybridized carbons (Fsp3) is 1.00. The van der Waals surface area contributed by atoms with Crippen LogP contribution in [0.15, 0.2) is 0 Å². The molecule has 2 atom stereocenters. The molecule has 2 rings (SSSR count). The minimum atomic E-state index is -0.231. The van der Waals surface area contributed by atoms with E-state index in [0.717, 1.165) is 32.6 Å². The van der Waals surface area contributed by atoms with Crippen molar-refractivity contribution in [1.29, 1.82) is 0 Å². The lowest BCUT2D eigenvalue weighted by atomic mass is 9.82. The zero-order valence-electron chi connectivity index (χ0n) is 13.1. The molecule has 0 aliphatic carbocycles. The maximum absolute atomic E-state index is 6.43. The van der Waals surface area contributed by atoms with E-state index in [0.29, 0.717) is 12.0 Å². The Morgan fingerprint density at radius 1 is 1.11 bits per heavy atom. The van der Waals surface area contributed by atoms with Crippen molar-refractivity contribution in [1.82, 2.24) is 4.90 Å². The lowest BCUT2D eigenvalue weighted by Gasteiger charge is -2.36. The Bertz CT molecular complexity index is 311. The van der Waals surface area contributed by atoms with Gasteiger partial charge in [-0.2, -0.15) is 0 Å². The van der Waals surface area contributed by atoms with Crippen LogP contribution in [0.3, 0.4) is 0 Å². The van der Waals surface area contributed by atoms with E-state index >= 15 is 0 Å². The summed E-state index contributed by atoms with van der Waals surface area (Å²) in [7, 11) is 2.21. The fourth-order valence-corrected chi connectivity index (χ4v) is 3.66. The van der Waals surface area contributed by atoms with Crippen molar-refractivity contribution in [2.75, 3.05) is 26.8 Å². The third-order valence-corrected chi connectivity index (χ3v) is 4.95. The van der Waals surface area contributed by atoms with Crippen LogP contribution in [0.1, 0.15) is 40.5 Å². The van der Waals surface area contributed by atoms with Crippen LogP contribution in [0.4, 0.5) is 0 Å². The average Bonchev–Trinajstić information content (AvgIpc) is 2.48. The molecule has 0 amide bonds. The smallest absolute Gasteiger partial charge is 0.0788 e. The Labute approximate surface area is 117 Å². The second-order valence-corrected chi connectivity index (χ2v) is 7.22. The second kappa shape index (κ2) is 5.32. The maximum atomic E-state index is 6.43. The Kier molecular flexibility index (Phi) is 4.26. The summed E-state index contributed by atoms with van der Waals surface area (Å²) < 4.78 is 11.6. The number of hydrogen-bond donors (Lipinski definition) is 1. The number of hydrogen-bond acceptors (Lipinski definition) is 4. The molecule has 4 nitrogen and oxygen atoms in total. The Balaban J connectivity index is 2.00. The molecule has 0 aromatic heterocycles. The van der Waals surface area contributed by atoms with Gasteiger partial charge in [-0.1, -0.05) is 0 Å². The molecule has 0 saturated carbocycles. The Hall–Kier alpha value is -0.160. The quantitative estimate of drug-likeness (QED) is 0.847. The molecule has 112 valence electrons. The molecule has 0 aromatic rings. The van der Waals surface area contributed by atoms with Gasteiger partial charge in [-0.05, 0) is 47.6 Å². The molecule has 2 unspecified atom stereocenters. The number of rotatable bonds is 3. The molecular weight excluding hydrogens is 240 g/mol. The summed E-state index contributed by atoms with van der Waals surface area (Å²) >= 11 is 0. The van der Waals surface area contributed by atoms with Crippen molar-refractivity contribution >= 4 is 0 Å². The van der Waals surface area contributed by atoms with Gasteiger partial charge in [-0.3, -0.25) is 0 Å². The van der Waals surface area contributed by atoms with Crippen LogP contribution < -0.4 is 5.73 Å². The summed E-state index contributed by atoms with van der Waals surface area (Å²) in [6, 6.07) is 0.713. The van der Waals surface area contributed by atoms with E-state index in [9.17, 15) is 0 Å². The lowest BCUT2D eigenvalue weighted by molar-refractivity contribution is -0.0795. The van der Waals surface area contributed by atoms with Crippen LogP contribution in [0.5, 0.6) is 0 Å². The number of nitrogens with two attached hydrogens (primary N) is 1. The highest BCUT2D eigenvalue weighted by molar-refractivity contribution is 5.04. The largest absolute Gasteiger partial charge is 0.381 e.